The Hall–Kier alpha value is -2.21. The Morgan fingerprint density at radius 2 is 1.59 bits per heavy atom. The van der Waals surface area contributed by atoms with Gasteiger partial charge in [-0.3, -0.25) is 4.79 Å². The van der Waals surface area contributed by atoms with E-state index < -0.39 is 17.4 Å². The molecule has 0 spiro atoms. The molecule has 0 unspecified atom stereocenters. The van der Waals surface area contributed by atoms with Gasteiger partial charge in [0.05, 0.1) is 5.56 Å². The number of carbonyl (C=O) groups excluding carboxylic acids is 1. The zero-order valence-electron chi connectivity index (χ0n) is 12.3. The molecule has 1 N–H and O–H groups in total. The van der Waals surface area contributed by atoms with Crippen LogP contribution in [0.1, 0.15) is 15.9 Å². The number of Topliss-reactive ketones (excluding diaryl/α,β-unsaturated/α-hetero) is 1. The summed E-state index contributed by atoms with van der Waals surface area (Å²) in [5.41, 5.74) is 0.722. The minimum atomic E-state index is -2.29. The first-order valence-corrected chi connectivity index (χ1v) is 6.80. The van der Waals surface area contributed by atoms with Crippen LogP contribution in [0.5, 0.6) is 5.75 Å². The van der Waals surface area contributed by atoms with Crippen LogP contribution in [0, 0.1) is 0 Å². The Morgan fingerprint density at radius 3 is 2.23 bits per heavy atom. The van der Waals surface area contributed by atoms with E-state index in [2.05, 4.69) is 0 Å². The number of carbonyl (C=O) groups is 1. The van der Waals surface area contributed by atoms with E-state index in [0.29, 0.717) is 11.3 Å². The van der Waals surface area contributed by atoms with E-state index in [1.165, 1.54) is 14.2 Å². The third-order valence-electron chi connectivity index (χ3n) is 3.88. The average molecular weight is 300 g/mol. The first kappa shape index (κ1) is 14.7. The number of methoxy groups -OCH3 is 2. The Morgan fingerprint density at radius 1 is 0.955 bits per heavy atom. The number of hydrogen-bond donors (Lipinski definition) is 1. The molecule has 2 atom stereocenters. The summed E-state index contributed by atoms with van der Waals surface area (Å²) < 4.78 is 16.6. The van der Waals surface area contributed by atoms with Gasteiger partial charge in [0.15, 0.2) is 0 Å². The smallest absolute Gasteiger partial charge is 0.304 e. The lowest BCUT2D eigenvalue weighted by molar-refractivity contribution is -0.346. The summed E-state index contributed by atoms with van der Waals surface area (Å²) in [5.74, 6) is -4.35. The molecule has 0 aliphatic carbocycles. The molecule has 0 radical (unpaired) electrons. The summed E-state index contributed by atoms with van der Waals surface area (Å²) in [5, 5.41) is 10.9. The van der Waals surface area contributed by atoms with Gasteiger partial charge in [-0.2, -0.15) is 0 Å². The Labute approximate surface area is 128 Å². The van der Waals surface area contributed by atoms with Crippen LogP contribution in [-0.4, -0.2) is 30.9 Å². The predicted molar refractivity (Wildman–Crippen MR) is 78.5 cm³/mol. The number of benzene rings is 2. The van der Waals surface area contributed by atoms with Crippen LogP contribution in [0.3, 0.4) is 0 Å². The molecule has 0 saturated carbocycles. The summed E-state index contributed by atoms with van der Waals surface area (Å²) in [4.78, 5) is 12.8. The fraction of sp³-hybridized carbons (Fsp3) is 0.235. The second-order valence-corrected chi connectivity index (χ2v) is 4.96. The molecule has 1 aliphatic rings. The fourth-order valence-electron chi connectivity index (χ4n) is 2.74. The van der Waals surface area contributed by atoms with Gasteiger partial charge in [-0.15, -0.1) is 0 Å². The summed E-state index contributed by atoms with van der Waals surface area (Å²) in [6, 6.07) is 15.4. The SMILES string of the molecule is CO[C@@]1(c2ccccc2)Oc2ccccc2C(=O)[C@@]1(O)OC. The topological polar surface area (TPSA) is 65.0 Å². The van der Waals surface area contributed by atoms with Gasteiger partial charge in [0.2, 0.25) is 5.78 Å². The van der Waals surface area contributed by atoms with Gasteiger partial charge in [-0.25, -0.2) is 0 Å². The highest BCUT2D eigenvalue weighted by Gasteiger charge is 2.64. The molecule has 1 aliphatic heterocycles. The second kappa shape index (κ2) is 5.21. The molecular weight excluding hydrogens is 284 g/mol. The molecule has 0 aromatic heterocycles. The van der Waals surface area contributed by atoms with Crippen LogP contribution in [0.2, 0.25) is 0 Å². The molecule has 5 heteroatoms. The van der Waals surface area contributed by atoms with Gasteiger partial charge < -0.3 is 19.3 Å². The predicted octanol–water partition coefficient (Wildman–Crippen LogP) is 2.10. The van der Waals surface area contributed by atoms with E-state index >= 15 is 0 Å². The summed E-state index contributed by atoms with van der Waals surface area (Å²) in [7, 11) is 2.60. The zero-order chi connectivity index (χ0) is 15.8. The molecule has 22 heavy (non-hydrogen) atoms. The minimum Gasteiger partial charge on any atom is -0.451 e. The van der Waals surface area contributed by atoms with E-state index in [1.807, 2.05) is 6.07 Å². The van der Waals surface area contributed by atoms with E-state index in [4.69, 9.17) is 14.2 Å². The van der Waals surface area contributed by atoms with E-state index in [1.54, 1.807) is 48.5 Å². The molecule has 0 bridgehead atoms. The van der Waals surface area contributed by atoms with Gasteiger partial charge in [-0.1, -0.05) is 42.5 Å². The third-order valence-corrected chi connectivity index (χ3v) is 3.88. The maximum atomic E-state index is 12.8. The largest absolute Gasteiger partial charge is 0.451 e. The normalized spacial score (nSPS) is 27.1. The standard InChI is InChI=1S/C17H16O5/c1-20-16(19)15(18)13-10-6-7-11-14(13)22-17(16,21-2)12-8-4-3-5-9-12/h3-11,19H,1-2H3/t16-,17+/m1/s1. The Bertz CT molecular complexity index is 699. The van der Waals surface area contributed by atoms with Gasteiger partial charge >= 0.3 is 5.79 Å². The van der Waals surface area contributed by atoms with Gasteiger partial charge in [-0.05, 0) is 12.1 Å². The first-order chi connectivity index (χ1) is 10.6. The van der Waals surface area contributed by atoms with Crippen LogP contribution < -0.4 is 4.74 Å². The van der Waals surface area contributed by atoms with Gasteiger partial charge in [0.25, 0.3) is 5.79 Å². The molecule has 2 aromatic rings. The van der Waals surface area contributed by atoms with Crippen molar-refractivity contribution in [2.75, 3.05) is 14.2 Å². The quantitative estimate of drug-likeness (QED) is 0.879. The van der Waals surface area contributed by atoms with Crippen LogP contribution in [0.25, 0.3) is 0 Å². The van der Waals surface area contributed by atoms with Crippen LogP contribution in [0.15, 0.2) is 54.6 Å². The van der Waals surface area contributed by atoms with Crippen LogP contribution >= 0.6 is 0 Å². The molecule has 1 heterocycles. The molecule has 114 valence electrons. The maximum absolute atomic E-state index is 12.8. The monoisotopic (exact) mass is 300 g/mol. The second-order valence-electron chi connectivity index (χ2n) is 4.96. The van der Waals surface area contributed by atoms with Crippen molar-refractivity contribution in [1.82, 2.24) is 0 Å². The zero-order valence-corrected chi connectivity index (χ0v) is 12.3. The van der Waals surface area contributed by atoms with Crippen LogP contribution in [-0.2, 0) is 15.3 Å². The highest BCUT2D eigenvalue weighted by molar-refractivity contribution is 6.05. The highest BCUT2D eigenvalue weighted by Crippen LogP contribution is 2.46. The van der Waals surface area contributed by atoms with Crippen molar-refractivity contribution in [3.8, 4) is 5.75 Å². The lowest BCUT2D eigenvalue weighted by Crippen LogP contribution is -2.64. The van der Waals surface area contributed by atoms with Crippen molar-refractivity contribution in [2.24, 2.45) is 0 Å². The van der Waals surface area contributed by atoms with Crippen molar-refractivity contribution in [3.05, 3.63) is 65.7 Å². The molecule has 0 saturated heterocycles. The number of fused-ring (bicyclic) bond motifs is 1. The molecule has 0 fully saturated rings. The number of ketones is 1. The molecule has 2 aromatic carbocycles. The molecule has 0 amide bonds. The highest BCUT2D eigenvalue weighted by atomic mass is 16.8. The number of rotatable bonds is 3. The van der Waals surface area contributed by atoms with Gasteiger partial charge in [0, 0.05) is 19.8 Å². The van der Waals surface area contributed by atoms with Crippen molar-refractivity contribution in [1.29, 1.82) is 0 Å². The summed E-state index contributed by atoms with van der Waals surface area (Å²) in [6.07, 6.45) is 0. The summed E-state index contributed by atoms with van der Waals surface area (Å²) >= 11 is 0. The van der Waals surface area contributed by atoms with Crippen molar-refractivity contribution in [2.45, 2.75) is 11.6 Å². The number of ether oxygens (including phenoxy) is 3. The Balaban J connectivity index is 2.27. The minimum absolute atomic E-state index is 0.246. The number of para-hydroxylation sites is 1. The fourth-order valence-corrected chi connectivity index (χ4v) is 2.74. The first-order valence-electron chi connectivity index (χ1n) is 6.80. The molecule has 3 rings (SSSR count). The van der Waals surface area contributed by atoms with E-state index in [9.17, 15) is 9.90 Å². The lowest BCUT2D eigenvalue weighted by atomic mass is 9.86. The summed E-state index contributed by atoms with van der Waals surface area (Å²) in [6.45, 7) is 0. The average Bonchev–Trinajstić information content (AvgIpc) is 2.59. The van der Waals surface area contributed by atoms with Crippen molar-refractivity contribution in [3.63, 3.8) is 0 Å². The van der Waals surface area contributed by atoms with Crippen molar-refractivity contribution < 1.29 is 24.1 Å². The number of hydrogen-bond acceptors (Lipinski definition) is 5. The van der Waals surface area contributed by atoms with E-state index in [-0.39, 0.29) is 5.56 Å². The lowest BCUT2D eigenvalue weighted by Gasteiger charge is -2.46. The van der Waals surface area contributed by atoms with Crippen LogP contribution in [0.4, 0.5) is 0 Å². The number of aliphatic hydroxyl groups is 1. The Kier molecular flexibility index (Phi) is 3.48. The van der Waals surface area contributed by atoms with Gasteiger partial charge in [0.1, 0.15) is 5.75 Å². The molecular formula is C17H16O5. The molecule has 5 nitrogen and oxygen atoms in total. The van der Waals surface area contributed by atoms with E-state index in [0.717, 1.165) is 0 Å². The maximum Gasteiger partial charge on any atom is 0.304 e. The van der Waals surface area contributed by atoms with Crippen molar-refractivity contribution >= 4 is 5.78 Å². The third kappa shape index (κ3) is 1.80.